The quantitative estimate of drug-likeness (QED) is 0.813. The fraction of sp³-hybridized carbons (Fsp3) is 0.308. The Morgan fingerprint density at radius 1 is 1.33 bits per heavy atom. The molecule has 0 aliphatic carbocycles. The molecule has 0 aliphatic rings. The van der Waals surface area contributed by atoms with Crippen LogP contribution in [-0.2, 0) is 23.1 Å². The number of hydrogen-bond acceptors (Lipinski definition) is 5. The second-order valence-electron chi connectivity index (χ2n) is 4.35. The number of aromatic nitrogens is 1. The Bertz CT molecular complexity index is 687. The molecule has 21 heavy (non-hydrogen) atoms. The van der Waals surface area contributed by atoms with Crippen LogP contribution in [0, 0.1) is 5.82 Å². The van der Waals surface area contributed by atoms with E-state index < -0.39 is 15.8 Å². The van der Waals surface area contributed by atoms with Crippen molar-refractivity contribution in [2.24, 2.45) is 0 Å². The molecular formula is C13H16FN3O2S2. The van der Waals surface area contributed by atoms with Crippen molar-refractivity contribution in [3.63, 3.8) is 0 Å². The summed E-state index contributed by atoms with van der Waals surface area (Å²) in [4.78, 5) is 3.62. The summed E-state index contributed by atoms with van der Waals surface area (Å²) in [7, 11) is -3.89. The van der Waals surface area contributed by atoms with Crippen LogP contribution in [0.2, 0.25) is 0 Å². The van der Waals surface area contributed by atoms with Gasteiger partial charge in [-0.05, 0) is 24.2 Å². The topological polar surface area (TPSA) is 71.1 Å². The first-order valence-corrected chi connectivity index (χ1v) is 8.81. The zero-order chi connectivity index (χ0) is 15.3. The van der Waals surface area contributed by atoms with E-state index in [1.54, 1.807) is 17.0 Å². The molecule has 1 heterocycles. The molecular weight excluding hydrogens is 313 g/mol. The Morgan fingerprint density at radius 3 is 2.76 bits per heavy atom. The molecule has 0 saturated heterocycles. The number of nitrogens with zero attached hydrogens (tertiary/aromatic N) is 1. The van der Waals surface area contributed by atoms with Crippen LogP contribution in [0.4, 0.5) is 4.39 Å². The van der Waals surface area contributed by atoms with Gasteiger partial charge in [0.25, 0.3) is 0 Å². The highest BCUT2D eigenvalue weighted by atomic mass is 32.2. The molecule has 1 aromatic heterocycles. The first kappa shape index (κ1) is 16.0. The summed E-state index contributed by atoms with van der Waals surface area (Å²) in [6.45, 7) is 3.25. The van der Waals surface area contributed by atoms with Crippen LogP contribution < -0.4 is 10.0 Å². The molecule has 1 aromatic carbocycles. The highest BCUT2D eigenvalue weighted by Gasteiger charge is 2.19. The third-order valence-electron chi connectivity index (χ3n) is 2.79. The van der Waals surface area contributed by atoms with Gasteiger partial charge in [-0.2, -0.15) is 0 Å². The summed E-state index contributed by atoms with van der Waals surface area (Å²) in [5.41, 5.74) is 2.92. The fourth-order valence-electron chi connectivity index (χ4n) is 1.71. The maximum atomic E-state index is 14.0. The van der Waals surface area contributed by atoms with Gasteiger partial charge in [-0.15, -0.1) is 11.3 Å². The van der Waals surface area contributed by atoms with E-state index in [9.17, 15) is 12.8 Å². The van der Waals surface area contributed by atoms with Crippen molar-refractivity contribution in [1.82, 2.24) is 15.0 Å². The van der Waals surface area contributed by atoms with Crippen molar-refractivity contribution in [3.05, 3.63) is 46.2 Å². The van der Waals surface area contributed by atoms with Crippen molar-refractivity contribution in [2.45, 2.75) is 24.9 Å². The van der Waals surface area contributed by atoms with Crippen LogP contribution in [-0.4, -0.2) is 19.9 Å². The Labute approximate surface area is 127 Å². The smallest absolute Gasteiger partial charge is 0.243 e. The van der Waals surface area contributed by atoms with E-state index >= 15 is 0 Å². The summed E-state index contributed by atoms with van der Waals surface area (Å²) in [5.74, 6) is -0.754. The van der Waals surface area contributed by atoms with Gasteiger partial charge in [0.2, 0.25) is 10.0 Å². The van der Waals surface area contributed by atoms with Gasteiger partial charge in [-0.25, -0.2) is 22.5 Å². The molecule has 0 radical (unpaired) electrons. The third-order valence-corrected chi connectivity index (χ3v) is 4.86. The van der Waals surface area contributed by atoms with Crippen molar-refractivity contribution in [3.8, 4) is 0 Å². The largest absolute Gasteiger partial charge is 0.313 e. The molecule has 0 saturated carbocycles. The normalized spacial score (nSPS) is 11.7. The molecule has 0 fully saturated rings. The summed E-state index contributed by atoms with van der Waals surface area (Å²) in [5, 5.41) is 4.79. The predicted octanol–water partition coefficient (Wildman–Crippen LogP) is 1.87. The summed E-state index contributed by atoms with van der Waals surface area (Å²) in [6, 6.07) is 4.12. The molecule has 8 heteroatoms. The van der Waals surface area contributed by atoms with Crippen molar-refractivity contribution < 1.29 is 12.8 Å². The standard InChI is InChI=1S/C13H16FN3O2S2/c1-2-15-6-10-3-4-13(12(14)5-10)21(18,19)17-7-11-8-20-9-16-11/h3-5,8-9,15,17H,2,6-7H2,1H3. The summed E-state index contributed by atoms with van der Waals surface area (Å²) in [6.07, 6.45) is 0. The first-order chi connectivity index (χ1) is 10.0. The van der Waals surface area contributed by atoms with Crippen molar-refractivity contribution in [1.29, 1.82) is 0 Å². The molecule has 0 bridgehead atoms. The van der Waals surface area contributed by atoms with E-state index in [1.807, 2.05) is 6.92 Å². The van der Waals surface area contributed by atoms with E-state index in [1.165, 1.54) is 23.5 Å². The first-order valence-electron chi connectivity index (χ1n) is 6.39. The molecule has 2 rings (SSSR count). The number of benzene rings is 1. The monoisotopic (exact) mass is 329 g/mol. The molecule has 5 nitrogen and oxygen atoms in total. The SMILES string of the molecule is CCNCc1ccc(S(=O)(=O)NCc2cscn2)c(F)c1. The minimum absolute atomic E-state index is 0.0460. The number of hydrogen-bond donors (Lipinski definition) is 2. The van der Waals surface area contributed by atoms with E-state index in [0.29, 0.717) is 17.8 Å². The second kappa shape index (κ2) is 7.08. The maximum Gasteiger partial charge on any atom is 0.243 e. The van der Waals surface area contributed by atoms with Crippen LogP contribution in [0.5, 0.6) is 0 Å². The van der Waals surface area contributed by atoms with Gasteiger partial charge in [0.05, 0.1) is 17.7 Å². The number of halogens is 1. The lowest BCUT2D eigenvalue weighted by Crippen LogP contribution is -2.24. The Hall–Kier alpha value is -1.35. The number of rotatable bonds is 7. The molecule has 0 unspecified atom stereocenters. The predicted molar refractivity (Wildman–Crippen MR) is 79.9 cm³/mol. The van der Waals surface area contributed by atoms with Crippen LogP contribution in [0.15, 0.2) is 34.0 Å². The molecule has 0 aliphatic heterocycles. The van der Waals surface area contributed by atoms with Gasteiger partial charge in [0.15, 0.2) is 0 Å². The summed E-state index contributed by atoms with van der Waals surface area (Å²) < 4.78 is 40.5. The van der Waals surface area contributed by atoms with Crippen LogP contribution in [0.1, 0.15) is 18.2 Å². The zero-order valence-corrected chi connectivity index (χ0v) is 13.1. The lowest BCUT2D eigenvalue weighted by atomic mass is 10.2. The lowest BCUT2D eigenvalue weighted by Gasteiger charge is -2.08. The van der Waals surface area contributed by atoms with Gasteiger partial charge < -0.3 is 5.32 Å². The van der Waals surface area contributed by atoms with Gasteiger partial charge >= 0.3 is 0 Å². The van der Waals surface area contributed by atoms with Crippen LogP contribution >= 0.6 is 11.3 Å². The summed E-state index contributed by atoms with van der Waals surface area (Å²) >= 11 is 1.37. The molecule has 0 amide bonds. The van der Waals surface area contributed by atoms with Crippen molar-refractivity contribution in [2.75, 3.05) is 6.54 Å². The van der Waals surface area contributed by atoms with E-state index in [-0.39, 0.29) is 11.4 Å². The van der Waals surface area contributed by atoms with Crippen LogP contribution in [0.25, 0.3) is 0 Å². The average Bonchev–Trinajstić information content (AvgIpc) is 2.96. The molecule has 0 spiro atoms. The van der Waals surface area contributed by atoms with Crippen molar-refractivity contribution >= 4 is 21.4 Å². The fourth-order valence-corrected chi connectivity index (χ4v) is 3.33. The Kier molecular flexibility index (Phi) is 5.40. The molecule has 0 atom stereocenters. The third kappa shape index (κ3) is 4.31. The van der Waals surface area contributed by atoms with Gasteiger partial charge in [0, 0.05) is 11.9 Å². The maximum absolute atomic E-state index is 14.0. The zero-order valence-electron chi connectivity index (χ0n) is 11.5. The Balaban J connectivity index is 2.12. The highest BCUT2D eigenvalue weighted by Crippen LogP contribution is 2.16. The highest BCUT2D eigenvalue weighted by molar-refractivity contribution is 7.89. The van der Waals surface area contributed by atoms with E-state index in [2.05, 4.69) is 15.0 Å². The Morgan fingerprint density at radius 2 is 2.14 bits per heavy atom. The second-order valence-corrected chi connectivity index (χ2v) is 6.80. The van der Waals surface area contributed by atoms with Crippen LogP contribution in [0.3, 0.4) is 0 Å². The minimum Gasteiger partial charge on any atom is -0.313 e. The lowest BCUT2D eigenvalue weighted by molar-refractivity contribution is 0.554. The number of thiazole rings is 1. The van der Waals surface area contributed by atoms with E-state index in [4.69, 9.17) is 0 Å². The average molecular weight is 329 g/mol. The number of sulfonamides is 1. The van der Waals surface area contributed by atoms with Gasteiger partial charge in [-0.1, -0.05) is 13.0 Å². The molecule has 2 aromatic rings. The molecule has 114 valence electrons. The number of nitrogens with one attached hydrogen (secondary N) is 2. The van der Waals surface area contributed by atoms with Gasteiger partial charge in [0.1, 0.15) is 10.7 Å². The van der Waals surface area contributed by atoms with Gasteiger partial charge in [-0.3, -0.25) is 0 Å². The molecule has 2 N–H and O–H groups in total. The minimum atomic E-state index is -3.89. The van der Waals surface area contributed by atoms with E-state index in [0.717, 1.165) is 6.54 Å².